The van der Waals surface area contributed by atoms with E-state index in [0.717, 1.165) is 15.0 Å². The van der Waals surface area contributed by atoms with Gasteiger partial charge in [0.05, 0.1) is 4.92 Å². The van der Waals surface area contributed by atoms with Gasteiger partial charge in [-0.2, -0.15) is 0 Å². The summed E-state index contributed by atoms with van der Waals surface area (Å²) in [6.07, 6.45) is 0. The molecule has 0 aliphatic heterocycles. The van der Waals surface area contributed by atoms with Gasteiger partial charge in [0.1, 0.15) is 0 Å². The lowest BCUT2D eigenvalue weighted by Gasteiger charge is -1.96. The highest BCUT2D eigenvalue weighted by atomic mass is 32.1. The number of phenols is 1. The summed E-state index contributed by atoms with van der Waals surface area (Å²) in [6.45, 7) is 0. The van der Waals surface area contributed by atoms with E-state index < -0.39 is 4.92 Å². The van der Waals surface area contributed by atoms with Crippen LogP contribution >= 0.6 is 24.0 Å². The van der Waals surface area contributed by atoms with Crippen LogP contribution in [-0.2, 0) is 0 Å². The molecule has 14 heavy (non-hydrogen) atoms. The molecule has 2 rings (SSSR count). The largest absolute Gasteiger partial charge is 0.502 e. The first kappa shape index (κ1) is 9.29. The minimum Gasteiger partial charge on any atom is -0.502 e. The number of nitro benzene ring substituents is 1. The van der Waals surface area contributed by atoms with Crippen LogP contribution < -0.4 is 0 Å². The van der Waals surface area contributed by atoms with Crippen molar-refractivity contribution in [2.24, 2.45) is 0 Å². The monoisotopic (exact) mass is 227 g/mol. The molecule has 0 fully saturated rings. The van der Waals surface area contributed by atoms with E-state index in [2.05, 4.69) is 12.6 Å². The Bertz CT molecular complexity index is 521. The third kappa shape index (κ3) is 1.32. The lowest BCUT2D eigenvalue weighted by Crippen LogP contribution is -1.87. The Morgan fingerprint density at radius 3 is 2.86 bits per heavy atom. The van der Waals surface area contributed by atoms with Crippen LogP contribution in [0.15, 0.2) is 22.4 Å². The molecule has 0 aliphatic carbocycles. The second-order valence-corrected chi connectivity index (χ2v) is 4.11. The fourth-order valence-electron chi connectivity index (χ4n) is 1.18. The minimum atomic E-state index is -0.604. The first-order chi connectivity index (χ1) is 6.59. The van der Waals surface area contributed by atoms with Gasteiger partial charge in [-0.1, -0.05) is 0 Å². The number of aromatic hydroxyl groups is 1. The quantitative estimate of drug-likeness (QED) is 0.447. The second kappa shape index (κ2) is 3.14. The van der Waals surface area contributed by atoms with Gasteiger partial charge in [-0.15, -0.1) is 24.0 Å². The highest BCUT2D eigenvalue weighted by molar-refractivity contribution is 7.80. The number of nitrogens with zero attached hydrogens (tertiary/aromatic N) is 1. The standard InChI is InChI=1S/C8H5NO3S2/c10-6-1-4-7(13)3-14-8(4)2-5(6)9(11)12/h1-3,10,13H. The molecule has 72 valence electrons. The zero-order valence-corrected chi connectivity index (χ0v) is 8.51. The highest BCUT2D eigenvalue weighted by Crippen LogP contribution is 2.37. The van der Waals surface area contributed by atoms with E-state index in [1.807, 2.05) is 0 Å². The van der Waals surface area contributed by atoms with E-state index in [1.54, 1.807) is 5.38 Å². The van der Waals surface area contributed by atoms with Crippen molar-refractivity contribution in [1.82, 2.24) is 0 Å². The summed E-state index contributed by atoms with van der Waals surface area (Å²) >= 11 is 5.53. The molecule has 0 aliphatic rings. The number of hydrogen-bond donors (Lipinski definition) is 2. The molecule has 0 amide bonds. The number of benzene rings is 1. The number of phenolic OH excluding ortho intramolecular Hbond substituents is 1. The van der Waals surface area contributed by atoms with Crippen LogP contribution in [0.3, 0.4) is 0 Å². The van der Waals surface area contributed by atoms with Gasteiger partial charge in [0.2, 0.25) is 0 Å². The van der Waals surface area contributed by atoms with Crippen molar-refractivity contribution in [1.29, 1.82) is 0 Å². The summed E-state index contributed by atoms with van der Waals surface area (Å²) in [5, 5.41) is 22.4. The van der Waals surface area contributed by atoms with Crippen LogP contribution in [-0.4, -0.2) is 10.0 Å². The maximum absolute atomic E-state index is 10.5. The van der Waals surface area contributed by atoms with Crippen LogP contribution in [0.2, 0.25) is 0 Å². The predicted molar refractivity (Wildman–Crippen MR) is 57.4 cm³/mol. The fourth-order valence-corrected chi connectivity index (χ4v) is 2.44. The zero-order chi connectivity index (χ0) is 10.3. The number of hydrogen-bond acceptors (Lipinski definition) is 5. The van der Waals surface area contributed by atoms with Crippen LogP contribution in [0.25, 0.3) is 10.1 Å². The topological polar surface area (TPSA) is 63.4 Å². The van der Waals surface area contributed by atoms with E-state index in [4.69, 9.17) is 0 Å². The SMILES string of the molecule is O=[N+]([O-])c1cc2scc(S)c2cc1O. The summed E-state index contributed by atoms with van der Waals surface area (Å²) in [5.74, 6) is -0.323. The predicted octanol–water partition coefficient (Wildman–Crippen LogP) is 2.80. The average Bonchev–Trinajstić information content (AvgIpc) is 2.46. The molecule has 2 aromatic rings. The van der Waals surface area contributed by atoms with Crippen molar-refractivity contribution in [3.63, 3.8) is 0 Å². The van der Waals surface area contributed by atoms with Crippen LogP contribution in [0, 0.1) is 10.1 Å². The second-order valence-electron chi connectivity index (χ2n) is 2.72. The van der Waals surface area contributed by atoms with E-state index in [0.29, 0.717) is 0 Å². The van der Waals surface area contributed by atoms with E-state index in [1.165, 1.54) is 23.5 Å². The molecular weight excluding hydrogens is 222 g/mol. The normalized spacial score (nSPS) is 10.6. The highest BCUT2D eigenvalue weighted by Gasteiger charge is 2.15. The van der Waals surface area contributed by atoms with E-state index in [-0.39, 0.29) is 11.4 Å². The lowest BCUT2D eigenvalue weighted by atomic mass is 10.2. The number of thiophene rings is 1. The Morgan fingerprint density at radius 2 is 2.21 bits per heavy atom. The molecule has 0 saturated heterocycles. The van der Waals surface area contributed by atoms with Gasteiger partial charge in [-0.25, -0.2) is 0 Å². The molecule has 1 aromatic carbocycles. The number of thiol groups is 1. The van der Waals surface area contributed by atoms with Gasteiger partial charge >= 0.3 is 5.69 Å². The molecule has 0 unspecified atom stereocenters. The maximum atomic E-state index is 10.5. The maximum Gasteiger partial charge on any atom is 0.312 e. The van der Waals surface area contributed by atoms with Crippen molar-refractivity contribution in [2.75, 3.05) is 0 Å². The van der Waals surface area contributed by atoms with Crippen molar-refractivity contribution >= 4 is 39.7 Å². The molecule has 1 heterocycles. The Morgan fingerprint density at radius 1 is 1.50 bits per heavy atom. The molecule has 0 atom stereocenters. The molecule has 1 N–H and O–H groups in total. The van der Waals surface area contributed by atoms with Gasteiger partial charge in [0, 0.05) is 26.4 Å². The molecule has 6 heteroatoms. The van der Waals surface area contributed by atoms with Crippen LogP contribution in [0.4, 0.5) is 5.69 Å². The van der Waals surface area contributed by atoms with Crippen molar-refractivity contribution in [2.45, 2.75) is 4.90 Å². The van der Waals surface area contributed by atoms with Gasteiger partial charge in [0.15, 0.2) is 5.75 Å². The number of nitro groups is 1. The Hall–Kier alpha value is -1.27. The number of fused-ring (bicyclic) bond motifs is 1. The summed E-state index contributed by atoms with van der Waals surface area (Å²) in [5.41, 5.74) is -0.271. The third-order valence-corrected chi connectivity index (χ3v) is 3.34. The summed E-state index contributed by atoms with van der Waals surface area (Å²) < 4.78 is 0.750. The Kier molecular flexibility index (Phi) is 2.09. The van der Waals surface area contributed by atoms with Gasteiger partial charge in [0.25, 0.3) is 0 Å². The fraction of sp³-hybridized carbons (Fsp3) is 0. The van der Waals surface area contributed by atoms with Crippen molar-refractivity contribution in [3.05, 3.63) is 27.6 Å². The zero-order valence-electron chi connectivity index (χ0n) is 6.80. The minimum absolute atomic E-state index is 0.271. The Balaban J connectivity index is 2.79. The molecule has 0 radical (unpaired) electrons. The third-order valence-electron chi connectivity index (χ3n) is 1.85. The lowest BCUT2D eigenvalue weighted by molar-refractivity contribution is -0.385. The first-order valence-electron chi connectivity index (χ1n) is 3.67. The molecular formula is C8H5NO3S2. The van der Waals surface area contributed by atoms with E-state index in [9.17, 15) is 15.2 Å². The van der Waals surface area contributed by atoms with Gasteiger partial charge < -0.3 is 5.11 Å². The average molecular weight is 227 g/mol. The Labute approximate surface area is 88.4 Å². The summed E-state index contributed by atoms with van der Waals surface area (Å²) in [4.78, 5) is 10.6. The van der Waals surface area contributed by atoms with Crippen LogP contribution in [0.5, 0.6) is 5.75 Å². The van der Waals surface area contributed by atoms with Crippen molar-refractivity contribution < 1.29 is 10.0 Å². The summed E-state index contributed by atoms with van der Waals surface area (Å²) in [7, 11) is 0. The molecule has 0 saturated carbocycles. The molecule has 1 aromatic heterocycles. The summed E-state index contributed by atoms with van der Waals surface area (Å²) in [6, 6.07) is 2.72. The number of rotatable bonds is 1. The smallest absolute Gasteiger partial charge is 0.312 e. The molecule has 0 spiro atoms. The van der Waals surface area contributed by atoms with E-state index >= 15 is 0 Å². The van der Waals surface area contributed by atoms with Gasteiger partial charge in [-0.3, -0.25) is 10.1 Å². The first-order valence-corrected chi connectivity index (χ1v) is 5.00. The molecule has 0 bridgehead atoms. The van der Waals surface area contributed by atoms with Crippen molar-refractivity contribution in [3.8, 4) is 5.75 Å². The van der Waals surface area contributed by atoms with Crippen LogP contribution in [0.1, 0.15) is 0 Å². The van der Waals surface area contributed by atoms with Gasteiger partial charge in [-0.05, 0) is 6.07 Å². The molecule has 4 nitrogen and oxygen atoms in total.